The van der Waals surface area contributed by atoms with Crippen molar-refractivity contribution in [1.29, 1.82) is 0 Å². The van der Waals surface area contributed by atoms with Crippen molar-refractivity contribution in [2.24, 2.45) is 25.1 Å². The van der Waals surface area contributed by atoms with Crippen molar-refractivity contribution in [3.05, 3.63) is 81.1 Å². The van der Waals surface area contributed by atoms with Crippen LogP contribution in [-0.2, 0) is 35.0 Å². The summed E-state index contributed by atoms with van der Waals surface area (Å²) >= 11 is 0. The molecule has 1 amide bonds. The molecule has 2 unspecified atom stereocenters. The first-order chi connectivity index (χ1) is 19.3. The summed E-state index contributed by atoms with van der Waals surface area (Å²) in [6.07, 6.45) is 8.89. The van der Waals surface area contributed by atoms with Crippen LogP contribution in [0.15, 0.2) is 72.2 Å². The molecule has 4 aromatic heterocycles. The van der Waals surface area contributed by atoms with Gasteiger partial charge in [-0.1, -0.05) is 0 Å². The number of carbonyl (C=O) groups is 2. The van der Waals surface area contributed by atoms with Gasteiger partial charge >= 0.3 is 11.7 Å². The highest BCUT2D eigenvalue weighted by Gasteiger charge is 2.45. The third kappa shape index (κ3) is 4.28. The van der Waals surface area contributed by atoms with E-state index in [1.54, 1.807) is 24.7 Å². The van der Waals surface area contributed by atoms with Crippen LogP contribution in [0.5, 0.6) is 0 Å². The predicted octanol–water partition coefficient (Wildman–Crippen LogP) is 1.99. The SMILES string of the molecule is Cn1c(=O)c2c(ncn2CC(=O)OCC(=O)N2N=C3C(=Cc4ccco4)CCCC3C2c2ccco2)n(C)c1=O. The van der Waals surface area contributed by atoms with E-state index in [-0.39, 0.29) is 23.6 Å². The monoisotopic (exact) mass is 546 g/mol. The first-order valence-corrected chi connectivity index (χ1v) is 12.8. The molecule has 2 aliphatic rings. The molecule has 1 aliphatic carbocycles. The van der Waals surface area contributed by atoms with Crippen molar-refractivity contribution < 1.29 is 23.2 Å². The minimum atomic E-state index is -0.749. The first kappa shape index (κ1) is 25.3. The van der Waals surface area contributed by atoms with Crippen LogP contribution in [0, 0.1) is 5.92 Å². The fraction of sp³-hybridized carbons (Fsp3) is 0.333. The average molecular weight is 547 g/mol. The molecule has 1 saturated carbocycles. The van der Waals surface area contributed by atoms with Crippen molar-refractivity contribution in [1.82, 2.24) is 23.7 Å². The van der Waals surface area contributed by atoms with Gasteiger partial charge in [0.25, 0.3) is 11.5 Å². The van der Waals surface area contributed by atoms with Gasteiger partial charge in [0.2, 0.25) is 0 Å². The van der Waals surface area contributed by atoms with Crippen LogP contribution in [0.1, 0.15) is 36.8 Å². The van der Waals surface area contributed by atoms with Gasteiger partial charge in [-0.05, 0) is 55.2 Å². The van der Waals surface area contributed by atoms with E-state index in [0.29, 0.717) is 11.5 Å². The first-order valence-electron chi connectivity index (χ1n) is 12.8. The number of ether oxygens (including phenoxy) is 1. The second-order valence-electron chi connectivity index (χ2n) is 9.78. The molecule has 1 fully saturated rings. The largest absolute Gasteiger partial charge is 0.467 e. The number of allylic oxidation sites excluding steroid dienone is 1. The van der Waals surface area contributed by atoms with Gasteiger partial charge in [-0.15, -0.1) is 0 Å². The van der Waals surface area contributed by atoms with E-state index < -0.39 is 35.8 Å². The maximum absolute atomic E-state index is 13.4. The van der Waals surface area contributed by atoms with Crippen molar-refractivity contribution in [2.45, 2.75) is 31.8 Å². The lowest BCUT2D eigenvalue weighted by Crippen LogP contribution is -2.38. The van der Waals surface area contributed by atoms with Crippen molar-refractivity contribution in [3.63, 3.8) is 0 Å². The highest BCUT2D eigenvalue weighted by molar-refractivity contribution is 6.08. The van der Waals surface area contributed by atoms with E-state index in [1.807, 2.05) is 18.2 Å². The number of esters is 1. The summed E-state index contributed by atoms with van der Waals surface area (Å²) in [5.74, 6) is -0.0490. The third-order valence-corrected chi connectivity index (χ3v) is 7.32. The Balaban J connectivity index is 1.22. The van der Waals surface area contributed by atoms with E-state index >= 15 is 0 Å². The molecule has 13 heteroatoms. The molecule has 0 saturated heterocycles. The Bertz CT molecular complexity index is 1770. The Labute approximate surface area is 226 Å². The van der Waals surface area contributed by atoms with Gasteiger partial charge in [0.1, 0.15) is 24.1 Å². The van der Waals surface area contributed by atoms with Crippen molar-refractivity contribution >= 4 is 34.8 Å². The molecule has 1 aliphatic heterocycles. The number of nitrogens with zero attached hydrogens (tertiary/aromatic N) is 6. The molecule has 6 rings (SSSR count). The van der Waals surface area contributed by atoms with Gasteiger partial charge in [-0.3, -0.25) is 23.5 Å². The lowest BCUT2D eigenvalue weighted by molar-refractivity contribution is -0.153. The van der Waals surface area contributed by atoms with Gasteiger partial charge in [-0.2, -0.15) is 5.10 Å². The Kier molecular flexibility index (Phi) is 6.33. The number of aryl methyl sites for hydroxylation is 1. The average Bonchev–Trinajstić information content (AvgIpc) is 3.75. The smallest absolute Gasteiger partial charge is 0.332 e. The Morgan fingerprint density at radius 2 is 1.93 bits per heavy atom. The van der Waals surface area contributed by atoms with Gasteiger partial charge in [0, 0.05) is 20.0 Å². The van der Waals surface area contributed by atoms with Crippen LogP contribution in [0.2, 0.25) is 0 Å². The second kappa shape index (κ2) is 9.98. The molecule has 4 aromatic rings. The van der Waals surface area contributed by atoms with Crippen LogP contribution in [0.4, 0.5) is 0 Å². The van der Waals surface area contributed by atoms with Crippen LogP contribution in [-0.4, -0.2) is 47.9 Å². The Morgan fingerprint density at radius 3 is 2.67 bits per heavy atom. The predicted molar refractivity (Wildman–Crippen MR) is 141 cm³/mol. The molecule has 0 spiro atoms. The number of amides is 1. The normalized spacial score (nSPS) is 19.7. The minimum absolute atomic E-state index is 0.0802. The van der Waals surface area contributed by atoms with E-state index in [9.17, 15) is 19.2 Å². The highest BCUT2D eigenvalue weighted by atomic mass is 16.5. The topological polar surface area (TPSA) is 147 Å². The molecule has 13 nitrogen and oxygen atoms in total. The summed E-state index contributed by atoms with van der Waals surface area (Å²) in [5.41, 5.74) is 0.878. The Hall–Kier alpha value is -4.94. The third-order valence-electron chi connectivity index (χ3n) is 7.32. The molecule has 5 heterocycles. The van der Waals surface area contributed by atoms with E-state index in [4.69, 9.17) is 18.7 Å². The summed E-state index contributed by atoms with van der Waals surface area (Å²) in [4.78, 5) is 55.0. The van der Waals surface area contributed by atoms with Crippen LogP contribution in [0.25, 0.3) is 17.2 Å². The summed E-state index contributed by atoms with van der Waals surface area (Å²) in [6, 6.07) is 6.76. The number of fused-ring (bicyclic) bond motifs is 2. The summed E-state index contributed by atoms with van der Waals surface area (Å²) in [6.45, 7) is -0.925. The fourth-order valence-corrected chi connectivity index (χ4v) is 5.40. The van der Waals surface area contributed by atoms with Crippen LogP contribution in [0.3, 0.4) is 0 Å². The lowest BCUT2D eigenvalue weighted by Gasteiger charge is -2.27. The van der Waals surface area contributed by atoms with Crippen LogP contribution >= 0.6 is 0 Å². The molecule has 0 radical (unpaired) electrons. The Morgan fingerprint density at radius 1 is 1.12 bits per heavy atom. The zero-order chi connectivity index (χ0) is 28.0. The van der Waals surface area contributed by atoms with Gasteiger partial charge < -0.3 is 18.1 Å². The number of furan rings is 2. The molecular weight excluding hydrogens is 520 g/mol. The van der Waals surface area contributed by atoms with Crippen LogP contribution < -0.4 is 11.2 Å². The molecule has 40 heavy (non-hydrogen) atoms. The standard InChI is InChI=1S/C27H26N6O7/c1-30-25-24(26(36)31(2)27(30)37)32(15-28-25)13-21(35)40-14-20(34)33-23(19-9-5-11-39-19)18-8-3-6-16(22(18)29-33)12-17-7-4-10-38-17/h4-5,7,9-12,15,18,23H,3,6,8,13-14H2,1-2H3. The number of carbonyl (C=O) groups excluding carboxylic acids is 2. The van der Waals surface area contributed by atoms with E-state index in [0.717, 1.165) is 35.1 Å². The van der Waals surface area contributed by atoms with Gasteiger partial charge in [0.15, 0.2) is 17.8 Å². The number of hydrogen-bond donors (Lipinski definition) is 0. The summed E-state index contributed by atoms with van der Waals surface area (Å²) in [7, 11) is 2.83. The second-order valence-corrected chi connectivity index (χ2v) is 9.78. The minimum Gasteiger partial charge on any atom is -0.467 e. The zero-order valence-corrected chi connectivity index (χ0v) is 21.9. The molecule has 0 N–H and O–H groups in total. The zero-order valence-electron chi connectivity index (χ0n) is 21.9. The molecule has 0 bridgehead atoms. The lowest BCUT2D eigenvalue weighted by atomic mass is 9.79. The molecule has 0 aromatic carbocycles. The summed E-state index contributed by atoms with van der Waals surface area (Å²) in [5, 5.41) is 6.03. The fourth-order valence-electron chi connectivity index (χ4n) is 5.40. The van der Waals surface area contributed by atoms with Crippen molar-refractivity contribution in [2.75, 3.05) is 6.61 Å². The molecular formula is C27H26N6O7. The molecule has 206 valence electrons. The number of imidazole rings is 1. The number of hydrogen-bond acceptors (Lipinski definition) is 9. The maximum atomic E-state index is 13.4. The molecule has 2 atom stereocenters. The summed E-state index contributed by atoms with van der Waals surface area (Å²) < 4.78 is 19.9. The quantitative estimate of drug-likeness (QED) is 0.334. The number of hydrazone groups is 1. The highest BCUT2D eigenvalue weighted by Crippen LogP contribution is 2.44. The van der Waals surface area contributed by atoms with Crippen molar-refractivity contribution in [3.8, 4) is 0 Å². The number of rotatable bonds is 6. The maximum Gasteiger partial charge on any atom is 0.332 e. The number of aromatic nitrogens is 4. The van der Waals surface area contributed by atoms with E-state index in [2.05, 4.69) is 4.98 Å². The van der Waals surface area contributed by atoms with E-state index in [1.165, 1.54) is 34.6 Å². The van der Waals surface area contributed by atoms with Gasteiger partial charge in [-0.25, -0.2) is 14.8 Å². The van der Waals surface area contributed by atoms with Gasteiger partial charge in [0.05, 0.1) is 24.6 Å².